The summed E-state index contributed by atoms with van der Waals surface area (Å²) in [7, 11) is 1.47. The summed E-state index contributed by atoms with van der Waals surface area (Å²) in [6, 6.07) is 3.53. The van der Waals surface area contributed by atoms with Gasteiger partial charge in [0.2, 0.25) is 0 Å². The van der Waals surface area contributed by atoms with Crippen molar-refractivity contribution in [2.75, 3.05) is 7.11 Å². The molecule has 0 spiro atoms. The van der Waals surface area contributed by atoms with Crippen molar-refractivity contribution in [2.45, 2.75) is 19.3 Å². The van der Waals surface area contributed by atoms with Crippen LogP contribution in [0.25, 0.3) is 0 Å². The van der Waals surface area contributed by atoms with Gasteiger partial charge in [-0.05, 0) is 40.4 Å². The van der Waals surface area contributed by atoms with Gasteiger partial charge in [-0.2, -0.15) is 0 Å². The Hall–Kier alpha value is -1.23. The highest BCUT2D eigenvalue weighted by Crippen LogP contribution is 2.37. The Balaban J connectivity index is 2.77. The van der Waals surface area contributed by atoms with Gasteiger partial charge in [-0.15, -0.1) is 0 Å². The maximum Gasteiger partial charge on any atom is 0.303 e. The van der Waals surface area contributed by atoms with Gasteiger partial charge in [-0.3, -0.25) is 4.79 Å². The molecule has 4 nitrogen and oxygen atoms in total. The number of carbonyl (C=O) groups is 1. The van der Waals surface area contributed by atoms with Crippen molar-refractivity contribution in [3.8, 4) is 11.5 Å². The Morgan fingerprint density at radius 2 is 2.19 bits per heavy atom. The van der Waals surface area contributed by atoms with Crippen molar-refractivity contribution < 1.29 is 19.7 Å². The number of aliphatic carboxylic acids is 1. The normalized spacial score (nSPS) is 10.1. The van der Waals surface area contributed by atoms with Crippen LogP contribution >= 0.6 is 15.9 Å². The quantitative estimate of drug-likeness (QED) is 0.874. The molecule has 2 N–H and O–H groups in total. The van der Waals surface area contributed by atoms with Gasteiger partial charge >= 0.3 is 5.97 Å². The van der Waals surface area contributed by atoms with Crippen molar-refractivity contribution in [2.24, 2.45) is 0 Å². The summed E-state index contributed by atoms with van der Waals surface area (Å²) in [4.78, 5) is 10.4. The van der Waals surface area contributed by atoms with Gasteiger partial charge in [0.25, 0.3) is 0 Å². The molecule has 0 aliphatic heterocycles. The van der Waals surface area contributed by atoms with Crippen LogP contribution in [0.3, 0.4) is 0 Å². The summed E-state index contributed by atoms with van der Waals surface area (Å²) < 4.78 is 5.71. The summed E-state index contributed by atoms with van der Waals surface area (Å²) in [6.07, 6.45) is 1.10. The molecule has 0 bridgehead atoms. The first-order valence-corrected chi connectivity index (χ1v) is 5.61. The molecule has 0 saturated heterocycles. The van der Waals surface area contributed by atoms with Crippen molar-refractivity contribution in [3.63, 3.8) is 0 Å². The molecule has 0 heterocycles. The van der Waals surface area contributed by atoms with E-state index in [2.05, 4.69) is 15.9 Å². The maximum absolute atomic E-state index is 10.4. The zero-order chi connectivity index (χ0) is 12.1. The third-order valence-electron chi connectivity index (χ3n) is 2.21. The van der Waals surface area contributed by atoms with Crippen LogP contribution in [0.4, 0.5) is 0 Å². The SMILES string of the molecule is COc1c(Br)ccc(CCCC(=O)O)c1O. The number of halogens is 1. The molecule has 0 atom stereocenters. The lowest BCUT2D eigenvalue weighted by atomic mass is 10.1. The molecule has 0 unspecified atom stereocenters. The monoisotopic (exact) mass is 288 g/mol. The molecule has 0 radical (unpaired) electrons. The first-order valence-electron chi connectivity index (χ1n) is 4.82. The van der Waals surface area contributed by atoms with Crippen molar-refractivity contribution >= 4 is 21.9 Å². The molecule has 0 amide bonds. The molecule has 0 aliphatic rings. The topological polar surface area (TPSA) is 66.8 Å². The van der Waals surface area contributed by atoms with Gasteiger partial charge in [-0.1, -0.05) is 6.07 Å². The number of hydrogen-bond acceptors (Lipinski definition) is 3. The lowest BCUT2D eigenvalue weighted by Gasteiger charge is -2.10. The molecule has 1 aromatic carbocycles. The van der Waals surface area contributed by atoms with Crippen LogP contribution in [0.1, 0.15) is 18.4 Å². The number of carboxylic acids is 1. The number of aromatic hydroxyl groups is 1. The van der Waals surface area contributed by atoms with E-state index in [9.17, 15) is 9.90 Å². The molecular weight excluding hydrogens is 276 g/mol. The van der Waals surface area contributed by atoms with Crippen LogP contribution in [0.5, 0.6) is 11.5 Å². The number of phenolic OH excluding ortho intramolecular Hbond substituents is 1. The predicted molar refractivity (Wildman–Crippen MR) is 62.9 cm³/mol. The van der Waals surface area contributed by atoms with E-state index in [4.69, 9.17) is 9.84 Å². The number of ether oxygens (including phenoxy) is 1. The zero-order valence-corrected chi connectivity index (χ0v) is 10.5. The molecule has 16 heavy (non-hydrogen) atoms. The number of rotatable bonds is 5. The maximum atomic E-state index is 10.4. The average Bonchev–Trinajstić information content (AvgIpc) is 2.22. The first kappa shape index (κ1) is 12.8. The molecular formula is C11H13BrO4. The lowest BCUT2D eigenvalue weighted by molar-refractivity contribution is -0.137. The Morgan fingerprint density at radius 3 is 2.75 bits per heavy atom. The van der Waals surface area contributed by atoms with E-state index in [1.807, 2.05) is 0 Å². The fraction of sp³-hybridized carbons (Fsp3) is 0.364. The number of phenols is 1. The minimum Gasteiger partial charge on any atom is -0.504 e. The van der Waals surface area contributed by atoms with Gasteiger partial charge in [-0.25, -0.2) is 0 Å². The molecule has 1 aromatic rings. The number of hydrogen-bond donors (Lipinski definition) is 2. The lowest BCUT2D eigenvalue weighted by Crippen LogP contribution is -1.97. The van der Waals surface area contributed by atoms with Crippen molar-refractivity contribution in [3.05, 3.63) is 22.2 Å². The van der Waals surface area contributed by atoms with Gasteiger partial charge < -0.3 is 14.9 Å². The Bertz CT molecular complexity index is 390. The molecule has 0 fully saturated rings. The van der Waals surface area contributed by atoms with E-state index in [-0.39, 0.29) is 12.2 Å². The van der Waals surface area contributed by atoms with E-state index in [0.29, 0.717) is 28.6 Å². The minimum atomic E-state index is -0.830. The van der Waals surface area contributed by atoms with Crippen LogP contribution in [-0.2, 0) is 11.2 Å². The van der Waals surface area contributed by atoms with E-state index in [1.54, 1.807) is 12.1 Å². The molecule has 0 saturated carbocycles. The number of carboxylic acid groups (broad SMARTS) is 1. The molecule has 5 heteroatoms. The Labute approximate surface area is 102 Å². The van der Waals surface area contributed by atoms with Gasteiger partial charge in [0.15, 0.2) is 11.5 Å². The number of benzene rings is 1. The zero-order valence-electron chi connectivity index (χ0n) is 8.86. The van der Waals surface area contributed by atoms with Crippen molar-refractivity contribution in [1.29, 1.82) is 0 Å². The van der Waals surface area contributed by atoms with Gasteiger partial charge in [0, 0.05) is 6.42 Å². The summed E-state index contributed by atoms with van der Waals surface area (Å²) in [6.45, 7) is 0. The highest BCUT2D eigenvalue weighted by Gasteiger charge is 2.11. The second kappa shape index (κ2) is 5.75. The summed E-state index contributed by atoms with van der Waals surface area (Å²) in [5, 5.41) is 18.3. The van der Waals surface area contributed by atoms with E-state index in [0.717, 1.165) is 0 Å². The number of aryl methyl sites for hydroxylation is 1. The molecule has 0 aromatic heterocycles. The molecule has 88 valence electrons. The van der Waals surface area contributed by atoms with Crippen LogP contribution in [0, 0.1) is 0 Å². The highest BCUT2D eigenvalue weighted by molar-refractivity contribution is 9.10. The molecule has 1 rings (SSSR count). The largest absolute Gasteiger partial charge is 0.504 e. The predicted octanol–water partition coefficient (Wildman–Crippen LogP) is 2.57. The fourth-order valence-corrected chi connectivity index (χ4v) is 1.90. The van der Waals surface area contributed by atoms with Crippen LogP contribution in [0.15, 0.2) is 16.6 Å². The smallest absolute Gasteiger partial charge is 0.303 e. The first-order chi connectivity index (χ1) is 7.56. The third kappa shape index (κ3) is 3.13. The van der Waals surface area contributed by atoms with Gasteiger partial charge in [0.05, 0.1) is 11.6 Å². The Morgan fingerprint density at radius 1 is 1.50 bits per heavy atom. The van der Waals surface area contributed by atoms with Crippen molar-refractivity contribution in [1.82, 2.24) is 0 Å². The number of methoxy groups -OCH3 is 1. The minimum absolute atomic E-state index is 0.0715. The van der Waals surface area contributed by atoms with Gasteiger partial charge in [0.1, 0.15) is 0 Å². The highest BCUT2D eigenvalue weighted by atomic mass is 79.9. The van der Waals surface area contributed by atoms with Crippen LogP contribution in [0.2, 0.25) is 0 Å². The standard InChI is InChI=1S/C11H13BrO4/c1-16-11-8(12)6-5-7(10(11)15)3-2-4-9(13)14/h5-6,15H,2-4H2,1H3,(H,13,14). The van der Waals surface area contributed by atoms with E-state index < -0.39 is 5.97 Å². The second-order valence-corrected chi connectivity index (χ2v) is 4.19. The van der Waals surface area contributed by atoms with Crippen LogP contribution < -0.4 is 4.74 Å². The van der Waals surface area contributed by atoms with E-state index in [1.165, 1.54) is 7.11 Å². The summed E-state index contributed by atoms with van der Waals surface area (Å²) >= 11 is 3.25. The fourth-order valence-electron chi connectivity index (χ4n) is 1.41. The summed E-state index contributed by atoms with van der Waals surface area (Å²) in [5.41, 5.74) is 0.696. The Kier molecular flexibility index (Phi) is 4.61. The molecule has 0 aliphatic carbocycles. The summed E-state index contributed by atoms with van der Waals surface area (Å²) in [5.74, 6) is -0.376. The second-order valence-electron chi connectivity index (χ2n) is 3.34. The third-order valence-corrected chi connectivity index (χ3v) is 2.83. The van der Waals surface area contributed by atoms with E-state index >= 15 is 0 Å². The average molecular weight is 289 g/mol. The van der Waals surface area contributed by atoms with Crippen LogP contribution in [-0.4, -0.2) is 23.3 Å².